The van der Waals surface area contributed by atoms with Crippen LogP contribution in [-0.2, 0) is 18.2 Å². The van der Waals surface area contributed by atoms with Crippen molar-refractivity contribution in [3.63, 3.8) is 0 Å². The van der Waals surface area contributed by atoms with Gasteiger partial charge in [0, 0.05) is 29.6 Å². The molecule has 1 aromatic heterocycles. The lowest BCUT2D eigenvalue weighted by Crippen LogP contribution is -2.12. The van der Waals surface area contributed by atoms with Crippen molar-refractivity contribution in [3.05, 3.63) is 65.5 Å². The third-order valence-electron chi connectivity index (χ3n) is 5.26. The van der Waals surface area contributed by atoms with Gasteiger partial charge in [0.15, 0.2) is 0 Å². The molecule has 1 heterocycles. The van der Waals surface area contributed by atoms with Crippen LogP contribution >= 0.6 is 0 Å². The van der Waals surface area contributed by atoms with Crippen LogP contribution in [0.2, 0.25) is 0 Å². The van der Waals surface area contributed by atoms with Gasteiger partial charge < -0.3 is 19.7 Å². The molecule has 3 rings (SSSR count). The SMILES string of the molecule is CCCc1c(C#N)c(-c2ccc(-c3ccccc3NCO)cc2)c(C(=O)OCC)n1C. The summed E-state index contributed by atoms with van der Waals surface area (Å²) >= 11 is 0. The van der Waals surface area contributed by atoms with Crippen molar-refractivity contribution in [2.45, 2.75) is 26.7 Å². The van der Waals surface area contributed by atoms with Gasteiger partial charge in [0.25, 0.3) is 0 Å². The Morgan fingerprint density at radius 3 is 2.42 bits per heavy atom. The van der Waals surface area contributed by atoms with Gasteiger partial charge in [-0.25, -0.2) is 4.79 Å². The van der Waals surface area contributed by atoms with Gasteiger partial charge >= 0.3 is 5.97 Å². The Bertz CT molecular complexity index is 1110. The van der Waals surface area contributed by atoms with Gasteiger partial charge in [-0.3, -0.25) is 0 Å². The van der Waals surface area contributed by atoms with E-state index in [0.29, 0.717) is 23.2 Å². The standard InChI is InChI=1S/C25H27N3O3/c1-4-8-22-20(15-26)23(24(28(22)3)25(30)31-5-2)18-13-11-17(12-14-18)19-9-6-7-10-21(19)27-16-29/h6-7,9-14,27,29H,4-5,8,16H2,1-3H3. The summed E-state index contributed by atoms with van der Waals surface area (Å²) in [5.74, 6) is -0.430. The normalized spacial score (nSPS) is 10.5. The van der Waals surface area contributed by atoms with E-state index in [0.717, 1.165) is 34.5 Å². The van der Waals surface area contributed by atoms with Gasteiger partial charge in [0.2, 0.25) is 0 Å². The first kappa shape index (κ1) is 22.1. The smallest absolute Gasteiger partial charge is 0.355 e. The minimum atomic E-state index is -0.430. The number of esters is 1. The van der Waals surface area contributed by atoms with Crippen LogP contribution in [0.1, 0.15) is 42.0 Å². The lowest BCUT2D eigenvalue weighted by molar-refractivity contribution is 0.0516. The van der Waals surface area contributed by atoms with Gasteiger partial charge in [-0.05, 0) is 30.5 Å². The molecule has 6 nitrogen and oxygen atoms in total. The first-order valence-corrected chi connectivity index (χ1v) is 10.4. The fourth-order valence-electron chi connectivity index (χ4n) is 3.89. The monoisotopic (exact) mass is 417 g/mol. The Hall–Kier alpha value is -3.56. The summed E-state index contributed by atoms with van der Waals surface area (Å²) in [7, 11) is 1.81. The maximum absolute atomic E-state index is 12.8. The number of benzene rings is 2. The number of para-hydroxylation sites is 1. The van der Waals surface area contributed by atoms with E-state index in [1.54, 1.807) is 11.5 Å². The van der Waals surface area contributed by atoms with Crippen LogP contribution < -0.4 is 5.32 Å². The molecular weight excluding hydrogens is 390 g/mol. The van der Waals surface area contributed by atoms with Crippen LogP contribution in [0.15, 0.2) is 48.5 Å². The molecule has 0 atom stereocenters. The molecule has 6 heteroatoms. The Morgan fingerprint density at radius 2 is 1.81 bits per heavy atom. The summed E-state index contributed by atoms with van der Waals surface area (Å²) in [6.45, 7) is 3.92. The first-order chi connectivity index (χ1) is 15.1. The molecule has 0 bridgehead atoms. The molecule has 160 valence electrons. The summed E-state index contributed by atoms with van der Waals surface area (Å²) in [6, 6.07) is 17.8. The van der Waals surface area contributed by atoms with Crippen molar-refractivity contribution in [1.29, 1.82) is 5.26 Å². The van der Waals surface area contributed by atoms with Crippen molar-refractivity contribution in [2.24, 2.45) is 7.05 Å². The highest BCUT2D eigenvalue weighted by Gasteiger charge is 2.27. The molecule has 0 spiro atoms. The second kappa shape index (κ2) is 9.96. The maximum Gasteiger partial charge on any atom is 0.355 e. The Balaban J connectivity index is 2.14. The van der Waals surface area contributed by atoms with E-state index in [1.165, 1.54) is 0 Å². The number of ether oxygens (including phenoxy) is 1. The first-order valence-electron chi connectivity index (χ1n) is 10.4. The minimum Gasteiger partial charge on any atom is -0.461 e. The number of anilines is 1. The fourth-order valence-corrected chi connectivity index (χ4v) is 3.89. The molecule has 0 amide bonds. The number of aromatic nitrogens is 1. The van der Waals surface area contributed by atoms with Gasteiger partial charge in [-0.15, -0.1) is 0 Å². The van der Waals surface area contributed by atoms with Crippen molar-refractivity contribution in [1.82, 2.24) is 4.57 Å². The number of aliphatic hydroxyl groups excluding tert-OH is 1. The molecule has 0 radical (unpaired) electrons. The van der Waals surface area contributed by atoms with E-state index in [4.69, 9.17) is 4.74 Å². The summed E-state index contributed by atoms with van der Waals surface area (Å²) < 4.78 is 7.09. The van der Waals surface area contributed by atoms with Crippen LogP contribution in [0, 0.1) is 11.3 Å². The van der Waals surface area contributed by atoms with Crippen molar-refractivity contribution in [2.75, 3.05) is 18.7 Å². The number of hydrogen-bond acceptors (Lipinski definition) is 5. The molecular formula is C25H27N3O3. The van der Waals surface area contributed by atoms with E-state index < -0.39 is 5.97 Å². The molecule has 0 unspecified atom stereocenters. The largest absolute Gasteiger partial charge is 0.461 e. The fraction of sp³-hybridized carbons (Fsp3) is 0.280. The summed E-state index contributed by atoms with van der Waals surface area (Å²) in [5, 5.41) is 22.1. The van der Waals surface area contributed by atoms with Crippen molar-refractivity contribution in [3.8, 4) is 28.3 Å². The molecule has 2 aromatic carbocycles. The predicted molar refractivity (Wildman–Crippen MR) is 122 cm³/mol. The van der Waals surface area contributed by atoms with Crippen LogP contribution in [0.5, 0.6) is 0 Å². The molecule has 0 aliphatic heterocycles. The zero-order valence-corrected chi connectivity index (χ0v) is 18.1. The molecule has 2 N–H and O–H groups in total. The van der Waals surface area contributed by atoms with Crippen LogP contribution in [-0.4, -0.2) is 29.0 Å². The second-order valence-electron chi connectivity index (χ2n) is 7.14. The van der Waals surface area contributed by atoms with Gasteiger partial charge in [-0.2, -0.15) is 5.26 Å². The number of nitriles is 1. The Labute approximate surface area is 182 Å². The van der Waals surface area contributed by atoms with E-state index in [2.05, 4.69) is 11.4 Å². The van der Waals surface area contributed by atoms with Crippen LogP contribution in [0.3, 0.4) is 0 Å². The lowest BCUT2D eigenvalue weighted by Gasteiger charge is -2.12. The number of hydrogen-bond donors (Lipinski definition) is 2. The number of carbonyl (C=O) groups is 1. The van der Waals surface area contributed by atoms with E-state index >= 15 is 0 Å². The minimum absolute atomic E-state index is 0.159. The summed E-state index contributed by atoms with van der Waals surface area (Å²) in [5.41, 5.74) is 5.89. The zero-order chi connectivity index (χ0) is 22.4. The quantitative estimate of drug-likeness (QED) is 0.409. The molecule has 0 saturated carbocycles. The Kier molecular flexibility index (Phi) is 7.11. The van der Waals surface area contributed by atoms with E-state index in [-0.39, 0.29) is 13.3 Å². The average Bonchev–Trinajstić information content (AvgIpc) is 3.06. The third kappa shape index (κ3) is 4.32. The number of aliphatic hydroxyl groups is 1. The molecule has 0 aliphatic carbocycles. The topological polar surface area (TPSA) is 87.3 Å². The number of carbonyl (C=O) groups excluding carboxylic acids is 1. The summed E-state index contributed by atoms with van der Waals surface area (Å²) in [4.78, 5) is 12.8. The number of rotatable bonds is 8. The highest BCUT2D eigenvalue weighted by molar-refractivity contribution is 5.98. The van der Waals surface area contributed by atoms with E-state index in [1.807, 2.05) is 62.5 Å². The van der Waals surface area contributed by atoms with Gasteiger partial charge in [0.1, 0.15) is 18.5 Å². The van der Waals surface area contributed by atoms with Crippen molar-refractivity contribution >= 4 is 11.7 Å². The predicted octanol–water partition coefficient (Wildman–Crippen LogP) is 4.72. The molecule has 3 aromatic rings. The van der Waals surface area contributed by atoms with Gasteiger partial charge in [0.05, 0.1) is 12.2 Å². The highest BCUT2D eigenvalue weighted by atomic mass is 16.5. The molecule has 0 saturated heterocycles. The number of nitrogens with zero attached hydrogens (tertiary/aromatic N) is 2. The van der Waals surface area contributed by atoms with E-state index in [9.17, 15) is 15.2 Å². The van der Waals surface area contributed by atoms with Crippen LogP contribution in [0.25, 0.3) is 22.3 Å². The van der Waals surface area contributed by atoms with Crippen LogP contribution in [0.4, 0.5) is 5.69 Å². The summed E-state index contributed by atoms with van der Waals surface area (Å²) in [6.07, 6.45) is 1.56. The Morgan fingerprint density at radius 1 is 1.13 bits per heavy atom. The van der Waals surface area contributed by atoms with Gasteiger partial charge in [-0.1, -0.05) is 55.8 Å². The maximum atomic E-state index is 12.8. The molecule has 0 aliphatic rings. The average molecular weight is 418 g/mol. The third-order valence-corrected chi connectivity index (χ3v) is 5.26. The molecule has 31 heavy (non-hydrogen) atoms. The second-order valence-corrected chi connectivity index (χ2v) is 7.14. The van der Waals surface area contributed by atoms with Crippen molar-refractivity contribution < 1.29 is 14.6 Å². The lowest BCUT2D eigenvalue weighted by atomic mass is 9.96. The highest BCUT2D eigenvalue weighted by Crippen LogP contribution is 2.35. The zero-order valence-electron chi connectivity index (χ0n) is 18.1. The molecule has 0 fully saturated rings. The number of nitrogens with one attached hydrogen (secondary N) is 1.